The minimum Gasteiger partial charge on any atom is -0.469 e. The fraction of sp³-hybridized carbons (Fsp3) is 0.556. The second-order valence-corrected chi connectivity index (χ2v) is 3.13. The molecular weight excluding hydrogens is 140 g/mol. The van der Waals surface area contributed by atoms with Gasteiger partial charge in [0.25, 0.3) is 0 Å². The van der Waals surface area contributed by atoms with Crippen LogP contribution in [0.15, 0.2) is 16.7 Å². The Bertz CT molecular complexity index is 213. The Balaban J connectivity index is 2.68. The number of furan rings is 1. The number of hydrogen-bond donors (Lipinski definition) is 1. The highest BCUT2D eigenvalue weighted by Crippen LogP contribution is 2.14. The van der Waals surface area contributed by atoms with Crippen molar-refractivity contribution in [2.75, 3.05) is 0 Å². The molecule has 2 heteroatoms. The van der Waals surface area contributed by atoms with Crippen LogP contribution in [-0.4, -0.2) is 5.11 Å². The summed E-state index contributed by atoms with van der Waals surface area (Å²) in [6.45, 7) is 4.34. The Labute approximate surface area is 66.8 Å². The topological polar surface area (TPSA) is 33.4 Å². The number of hydrogen-bond acceptors (Lipinski definition) is 2. The summed E-state index contributed by atoms with van der Waals surface area (Å²) in [7, 11) is 0. The van der Waals surface area contributed by atoms with Crippen molar-refractivity contribution in [1.82, 2.24) is 0 Å². The third-order valence-electron chi connectivity index (χ3n) is 1.60. The van der Waals surface area contributed by atoms with Crippen molar-refractivity contribution < 1.29 is 9.52 Å². The first-order valence-electron chi connectivity index (χ1n) is 3.90. The molecule has 2 nitrogen and oxygen atoms in total. The Morgan fingerprint density at radius 3 is 2.82 bits per heavy atom. The molecule has 0 aliphatic carbocycles. The Morgan fingerprint density at radius 1 is 1.55 bits per heavy atom. The zero-order valence-corrected chi connectivity index (χ0v) is 7.00. The minimum absolute atomic E-state index is 0.0819. The molecule has 1 heterocycles. The van der Waals surface area contributed by atoms with E-state index in [4.69, 9.17) is 9.52 Å². The van der Waals surface area contributed by atoms with Crippen molar-refractivity contribution in [2.45, 2.75) is 26.9 Å². The highest BCUT2D eigenvalue weighted by atomic mass is 16.3. The van der Waals surface area contributed by atoms with Crippen LogP contribution < -0.4 is 0 Å². The van der Waals surface area contributed by atoms with Crippen LogP contribution >= 0.6 is 0 Å². The van der Waals surface area contributed by atoms with E-state index >= 15 is 0 Å². The first-order valence-corrected chi connectivity index (χ1v) is 3.90. The summed E-state index contributed by atoms with van der Waals surface area (Å²) in [5.74, 6) is 1.49. The molecule has 1 rings (SSSR count). The maximum absolute atomic E-state index is 8.86. The predicted octanol–water partition coefficient (Wildman–Crippen LogP) is 1.97. The second kappa shape index (κ2) is 3.58. The van der Waals surface area contributed by atoms with Gasteiger partial charge in [-0.05, 0) is 12.0 Å². The molecule has 0 unspecified atom stereocenters. The molecule has 0 aliphatic rings. The van der Waals surface area contributed by atoms with Gasteiger partial charge in [0.1, 0.15) is 5.76 Å². The van der Waals surface area contributed by atoms with E-state index in [1.165, 1.54) is 0 Å². The molecule has 0 atom stereocenters. The van der Waals surface area contributed by atoms with Gasteiger partial charge in [0.05, 0.1) is 12.9 Å². The summed E-state index contributed by atoms with van der Waals surface area (Å²) < 4.78 is 5.21. The van der Waals surface area contributed by atoms with Gasteiger partial charge >= 0.3 is 0 Å². The van der Waals surface area contributed by atoms with Crippen LogP contribution in [-0.2, 0) is 13.0 Å². The summed E-state index contributed by atoms with van der Waals surface area (Å²) >= 11 is 0. The molecule has 0 saturated carbocycles. The molecule has 1 aromatic rings. The van der Waals surface area contributed by atoms with Gasteiger partial charge < -0.3 is 9.52 Å². The average molecular weight is 154 g/mol. The lowest BCUT2D eigenvalue weighted by atomic mass is 10.1. The van der Waals surface area contributed by atoms with Crippen LogP contribution in [0.5, 0.6) is 0 Å². The van der Waals surface area contributed by atoms with Gasteiger partial charge in [0.2, 0.25) is 0 Å². The smallest absolute Gasteiger partial charge is 0.109 e. The summed E-state index contributed by atoms with van der Waals surface area (Å²) in [4.78, 5) is 0. The molecule has 0 bridgehead atoms. The van der Waals surface area contributed by atoms with E-state index in [2.05, 4.69) is 13.8 Å². The number of aliphatic hydroxyl groups is 1. The Morgan fingerprint density at radius 2 is 2.27 bits per heavy atom. The van der Waals surface area contributed by atoms with Crippen LogP contribution in [0, 0.1) is 5.92 Å². The summed E-state index contributed by atoms with van der Waals surface area (Å²) in [5.41, 5.74) is 0.915. The normalized spacial score (nSPS) is 10.9. The zero-order valence-electron chi connectivity index (χ0n) is 7.00. The molecular formula is C9H14O2. The maximum atomic E-state index is 8.86. The quantitative estimate of drug-likeness (QED) is 0.722. The summed E-state index contributed by atoms with van der Waals surface area (Å²) in [6.07, 6.45) is 2.53. The van der Waals surface area contributed by atoms with Gasteiger partial charge in [-0.1, -0.05) is 13.8 Å². The molecule has 1 aromatic heterocycles. The van der Waals surface area contributed by atoms with Crippen molar-refractivity contribution in [1.29, 1.82) is 0 Å². The van der Waals surface area contributed by atoms with Crippen LogP contribution in [0.2, 0.25) is 0 Å². The van der Waals surface area contributed by atoms with E-state index < -0.39 is 0 Å². The van der Waals surface area contributed by atoms with Crippen molar-refractivity contribution in [2.24, 2.45) is 5.92 Å². The van der Waals surface area contributed by atoms with Crippen molar-refractivity contribution in [3.05, 3.63) is 23.7 Å². The lowest BCUT2D eigenvalue weighted by molar-refractivity contribution is 0.277. The van der Waals surface area contributed by atoms with Crippen LogP contribution in [0.25, 0.3) is 0 Å². The standard InChI is InChI=1S/C9H14O2/c1-7(2)5-9-8(6-10)3-4-11-9/h3-4,7,10H,5-6H2,1-2H3. The third kappa shape index (κ3) is 2.09. The molecule has 11 heavy (non-hydrogen) atoms. The lowest BCUT2D eigenvalue weighted by Crippen LogP contribution is -1.95. The van der Waals surface area contributed by atoms with Crippen LogP contribution in [0.3, 0.4) is 0 Å². The molecule has 62 valence electrons. The van der Waals surface area contributed by atoms with Crippen molar-refractivity contribution >= 4 is 0 Å². The van der Waals surface area contributed by atoms with E-state index in [-0.39, 0.29) is 6.61 Å². The highest BCUT2D eigenvalue weighted by Gasteiger charge is 2.06. The van der Waals surface area contributed by atoms with Crippen LogP contribution in [0.4, 0.5) is 0 Å². The minimum atomic E-state index is 0.0819. The van der Waals surface area contributed by atoms with Gasteiger partial charge in [-0.25, -0.2) is 0 Å². The largest absolute Gasteiger partial charge is 0.469 e. The van der Waals surface area contributed by atoms with E-state index in [1.54, 1.807) is 6.26 Å². The van der Waals surface area contributed by atoms with Gasteiger partial charge in [0, 0.05) is 12.0 Å². The molecule has 0 aliphatic heterocycles. The fourth-order valence-electron chi connectivity index (χ4n) is 1.06. The number of rotatable bonds is 3. The molecule has 0 radical (unpaired) electrons. The molecule has 0 saturated heterocycles. The summed E-state index contributed by atoms with van der Waals surface area (Å²) in [5, 5.41) is 8.86. The van der Waals surface area contributed by atoms with Gasteiger partial charge in [-0.2, -0.15) is 0 Å². The highest BCUT2D eigenvalue weighted by molar-refractivity contribution is 5.15. The average Bonchev–Trinajstić information content (AvgIpc) is 2.34. The van der Waals surface area contributed by atoms with E-state index in [0.29, 0.717) is 5.92 Å². The molecule has 0 aromatic carbocycles. The van der Waals surface area contributed by atoms with Crippen LogP contribution in [0.1, 0.15) is 25.2 Å². The molecule has 0 spiro atoms. The van der Waals surface area contributed by atoms with E-state index in [9.17, 15) is 0 Å². The van der Waals surface area contributed by atoms with E-state index in [0.717, 1.165) is 17.7 Å². The number of aliphatic hydroxyl groups excluding tert-OH is 1. The van der Waals surface area contributed by atoms with Crippen molar-refractivity contribution in [3.63, 3.8) is 0 Å². The summed E-state index contributed by atoms with van der Waals surface area (Å²) in [6, 6.07) is 1.82. The van der Waals surface area contributed by atoms with Gasteiger partial charge in [-0.15, -0.1) is 0 Å². The van der Waals surface area contributed by atoms with Gasteiger partial charge in [0.15, 0.2) is 0 Å². The second-order valence-electron chi connectivity index (χ2n) is 3.13. The molecule has 1 N–H and O–H groups in total. The maximum Gasteiger partial charge on any atom is 0.109 e. The first-order chi connectivity index (χ1) is 5.24. The molecule has 0 fully saturated rings. The fourth-order valence-corrected chi connectivity index (χ4v) is 1.06. The van der Waals surface area contributed by atoms with Gasteiger partial charge in [-0.3, -0.25) is 0 Å². The monoisotopic (exact) mass is 154 g/mol. The SMILES string of the molecule is CC(C)Cc1occc1CO. The lowest BCUT2D eigenvalue weighted by Gasteiger charge is -2.02. The zero-order chi connectivity index (χ0) is 8.27. The Kier molecular flexibility index (Phi) is 2.71. The third-order valence-corrected chi connectivity index (χ3v) is 1.60. The predicted molar refractivity (Wildman–Crippen MR) is 43.2 cm³/mol. The Hall–Kier alpha value is -0.760. The van der Waals surface area contributed by atoms with Crippen molar-refractivity contribution in [3.8, 4) is 0 Å². The first kappa shape index (κ1) is 8.34. The molecule has 0 amide bonds. The van der Waals surface area contributed by atoms with E-state index in [1.807, 2.05) is 6.07 Å².